The van der Waals surface area contributed by atoms with Crippen molar-refractivity contribution < 1.29 is 4.79 Å². The van der Waals surface area contributed by atoms with E-state index in [4.69, 9.17) is 11.6 Å². The topological polar surface area (TPSA) is 32.9 Å². The molecule has 1 saturated carbocycles. The highest BCUT2D eigenvalue weighted by molar-refractivity contribution is 6.31. The minimum atomic E-state index is 0.186. The fourth-order valence-electron chi connectivity index (χ4n) is 2.79. The Morgan fingerprint density at radius 3 is 2.57 bits per heavy atom. The maximum Gasteiger partial charge on any atom is 0.168 e. The van der Waals surface area contributed by atoms with Gasteiger partial charge in [-0.25, -0.2) is 0 Å². The molecule has 2 aromatic carbocycles. The Morgan fingerprint density at radius 1 is 1.10 bits per heavy atom. The molecule has 0 unspecified atom stereocenters. The van der Waals surface area contributed by atoms with Crippen molar-refractivity contribution in [1.82, 2.24) is 4.98 Å². The lowest BCUT2D eigenvalue weighted by Gasteiger charge is -2.03. The van der Waals surface area contributed by atoms with Gasteiger partial charge in [0.25, 0.3) is 0 Å². The first-order chi connectivity index (χ1) is 10.2. The molecular weight excluding hydrogens is 282 g/mol. The summed E-state index contributed by atoms with van der Waals surface area (Å²) in [7, 11) is 0. The lowest BCUT2D eigenvalue weighted by molar-refractivity contribution is 0.0970. The molecule has 1 fully saturated rings. The number of benzene rings is 2. The van der Waals surface area contributed by atoms with Gasteiger partial charge in [0.15, 0.2) is 5.78 Å². The van der Waals surface area contributed by atoms with E-state index in [9.17, 15) is 4.79 Å². The Balaban J connectivity index is 2.01. The number of rotatable bonds is 3. The monoisotopic (exact) mass is 295 g/mol. The summed E-state index contributed by atoms with van der Waals surface area (Å²) in [5, 5.41) is 1.59. The van der Waals surface area contributed by atoms with E-state index in [1.165, 1.54) is 0 Å². The Kier molecular flexibility index (Phi) is 2.86. The third-order valence-corrected chi connectivity index (χ3v) is 4.25. The lowest BCUT2D eigenvalue weighted by atomic mass is 9.99. The Morgan fingerprint density at radius 2 is 1.86 bits per heavy atom. The van der Waals surface area contributed by atoms with Crippen molar-refractivity contribution >= 4 is 28.3 Å². The Bertz CT molecular complexity index is 831. The van der Waals surface area contributed by atoms with E-state index in [0.717, 1.165) is 40.6 Å². The number of aromatic nitrogens is 1. The number of hydrogen-bond acceptors (Lipinski definition) is 1. The van der Waals surface area contributed by atoms with Crippen molar-refractivity contribution in [2.75, 3.05) is 0 Å². The van der Waals surface area contributed by atoms with Crippen LogP contribution in [0.1, 0.15) is 23.2 Å². The van der Waals surface area contributed by atoms with Crippen molar-refractivity contribution in [3.05, 3.63) is 59.1 Å². The minimum absolute atomic E-state index is 0.186. The molecular formula is C18H14ClNO. The molecule has 0 atom stereocenters. The van der Waals surface area contributed by atoms with E-state index >= 15 is 0 Å². The third kappa shape index (κ3) is 2.16. The van der Waals surface area contributed by atoms with E-state index in [1.807, 2.05) is 48.5 Å². The summed E-state index contributed by atoms with van der Waals surface area (Å²) in [6, 6.07) is 15.7. The molecule has 21 heavy (non-hydrogen) atoms. The van der Waals surface area contributed by atoms with Gasteiger partial charge >= 0.3 is 0 Å². The highest BCUT2D eigenvalue weighted by Gasteiger charge is 2.33. The zero-order valence-electron chi connectivity index (χ0n) is 11.4. The van der Waals surface area contributed by atoms with E-state index in [0.29, 0.717) is 5.02 Å². The molecule has 3 aromatic rings. The fraction of sp³-hybridized carbons (Fsp3) is 0.167. The number of hydrogen-bond donors (Lipinski definition) is 1. The summed E-state index contributed by atoms with van der Waals surface area (Å²) in [4.78, 5) is 16.1. The molecule has 4 rings (SSSR count). The number of carbonyl (C=O) groups is 1. The van der Waals surface area contributed by atoms with Gasteiger partial charge in [0.2, 0.25) is 0 Å². The number of aromatic amines is 1. The zero-order valence-corrected chi connectivity index (χ0v) is 12.2. The van der Waals surface area contributed by atoms with Crippen molar-refractivity contribution in [3.8, 4) is 11.3 Å². The predicted molar refractivity (Wildman–Crippen MR) is 85.8 cm³/mol. The van der Waals surface area contributed by atoms with Gasteiger partial charge in [-0.3, -0.25) is 4.79 Å². The standard InChI is InChI=1S/C18H14ClNO/c19-13-8-9-15-14(10-13)16(18(21)12-6-7-12)17(20-15)11-4-2-1-3-5-11/h1-5,8-10,12,20H,6-7H2. The van der Waals surface area contributed by atoms with Crippen LogP contribution in [-0.4, -0.2) is 10.8 Å². The van der Waals surface area contributed by atoms with Gasteiger partial charge in [-0.05, 0) is 36.6 Å². The first-order valence-corrected chi connectivity index (χ1v) is 7.52. The van der Waals surface area contributed by atoms with Crippen molar-refractivity contribution in [2.24, 2.45) is 5.92 Å². The molecule has 0 spiro atoms. The molecule has 1 aromatic heterocycles. The molecule has 1 aliphatic rings. The van der Waals surface area contributed by atoms with Crippen LogP contribution >= 0.6 is 11.6 Å². The van der Waals surface area contributed by atoms with Crippen LogP contribution in [0.3, 0.4) is 0 Å². The van der Waals surface area contributed by atoms with Gasteiger partial charge in [0.05, 0.1) is 11.3 Å². The van der Waals surface area contributed by atoms with E-state index in [-0.39, 0.29) is 11.7 Å². The lowest BCUT2D eigenvalue weighted by Crippen LogP contribution is -2.02. The number of nitrogens with one attached hydrogen (secondary N) is 1. The number of Topliss-reactive ketones (excluding diaryl/α,β-unsaturated/α-hetero) is 1. The first-order valence-electron chi connectivity index (χ1n) is 7.15. The summed E-state index contributed by atoms with van der Waals surface area (Å²) < 4.78 is 0. The summed E-state index contributed by atoms with van der Waals surface area (Å²) in [5.74, 6) is 0.424. The molecule has 0 radical (unpaired) electrons. The molecule has 1 heterocycles. The highest BCUT2D eigenvalue weighted by Crippen LogP contribution is 2.39. The van der Waals surface area contributed by atoms with Gasteiger partial charge in [0.1, 0.15) is 0 Å². The van der Waals surface area contributed by atoms with Crippen LogP contribution in [0.25, 0.3) is 22.2 Å². The maximum atomic E-state index is 12.7. The van der Waals surface area contributed by atoms with Crippen LogP contribution in [0.5, 0.6) is 0 Å². The van der Waals surface area contributed by atoms with Gasteiger partial charge in [-0.2, -0.15) is 0 Å². The summed E-state index contributed by atoms with van der Waals surface area (Å²) in [6.45, 7) is 0. The van der Waals surface area contributed by atoms with Crippen molar-refractivity contribution in [3.63, 3.8) is 0 Å². The summed E-state index contributed by atoms with van der Waals surface area (Å²) in [5.41, 5.74) is 3.70. The molecule has 0 bridgehead atoms. The second-order valence-corrected chi connectivity index (χ2v) is 6.01. The molecule has 1 N–H and O–H groups in total. The fourth-order valence-corrected chi connectivity index (χ4v) is 2.96. The molecule has 0 aliphatic heterocycles. The number of H-pyrrole nitrogens is 1. The molecule has 0 saturated heterocycles. The second kappa shape index (κ2) is 4.74. The van der Waals surface area contributed by atoms with E-state index in [1.54, 1.807) is 0 Å². The molecule has 104 valence electrons. The molecule has 2 nitrogen and oxygen atoms in total. The average molecular weight is 296 g/mol. The van der Waals surface area contributed by atoms with Crippen molar-refractivity contribution in [2.45, 2.75) is 12.8 Å². The molecule has 1 aliphatic carbocycles. The van der Waals surface area contributed by atoms with Crippen LogP contribution in [-0.2, 0) is 0 Å². The van der Waals surface area contributed by atoms with Crippen LogP contribution in [0.4, 0.5) is 0 Å². The minimum Gasteiger partial charge on any atom is -0.354 e. The number of carbonyl (C=O) groups excluding carboxylic acids is 1. The summed E-state index contributed by atoms with van der Waals surface area (Å²) in [6.07, 6.45) is 2.00. The number of halogens is 1. The quantitative estimate of drug-likeness (QED) is 0.671. The maximum absolute atomic E-state index is 12.7. The van der Waals surface area contributed by atoms with Crippen LogP contribution in [0, 0.1) is 5.92 Å². The smallest absolute Gasteiger partial charge is 0.168 e. The Hall–Kier alpha value is -2.06. The van der Waals surface area contributed by atoms with Crippen LogP contribution < -0.4 is 0 Å². The molecule has 3 heteroatoms. The average Bonchev–Trinajstić information content (AvgIpc) is 3.28. The number of ketones is 1. The van der Waals surface area contributed by atoms with Crippen molar-refractivity contribution in [1.29, 1.82) is 0 Å². The van der Waals surface area contributed by atoms with Crippen LogP contribution in [0.2, 0.25) is 5.02 Å². The normalized spacial score (nSPS) is 14.5. The number of fused-ring (bicyclic) bond motifs is 1. The Labute approximate surface area is 127 Å². The van der Waals surface area contributed by atoms with Gasteiger partial charge in [-0.15, -0.1) is 0 Å². The zero-order chi connectivity index (χ0) is 14.4. The van der Waals surface area contributed by atoms with Gasteiger partial charge < -0.3 is 4.98 Å². The highest BCUT2D eigenvalue weighted by atomic mass is 35.5. The first kappa shape index (κ1) is 12.7. The third-order valence-electron chi connectivity index (χ3n) is 4.02. The predicted octanol–water partition coefficient (Wildman–Crippen LogP) is 5.08. The SMILES string of the molecule is O=C(c1c(-c2ccccc2)[nH]c2ccc(Cl)cc12)C1CC1. The van der Waals surface area contributed by atoms with Gasteiger partial charge in [-0.1, -0.05) is 41.9 Å². The largest absolute Gasteiger partial charge is 0.354 e. The molecule has 0 amide bonds. The second-order valence-electron chi connectivity index (χ2n) is 5.57. The van der Waals surface area contributed by atoms with Crippen LogP contribution in [0.15, 0.2) is 48.5 Å². The van der Waals surface area contributed by atoms with Gasteiger partial charge in [0, 0.05) is 21.8 Å². The van der Waals surface area contributed by atoms with E-state index in [2.05, 4.69) is 4.98 Å². The summed E-state index contributed by atoms with van der Waals surface area (Å²) >= 11 is 6.12. The van der Waals surface area contributed by atoms with E-state index < -0.39 is 0 Å².